The number of anilines is 1. The van der Waals surface area contributed by atoms with Gasteiger partial charge in [-0.25, -0.2) is 4.79 Å². The minimum Gasteiger partial charge on any atom is -0.444 e. The van der Waals surface area contributed by atoms with Gasteiger partial charge < -0.3 is 20.3 Å². The van der Waals surface area contributed by atoms with Crippen LogP contribution in [0.1, 0.15) is 79.5 Å². The van der Waals surface area contributed by atoms with Gasteiger partial charge in [-0.2, -0.15) is 0 Å². The van der Waals surface area contributed by atoms with Crippen molar-refractivity contribution < 1.29 is 19.1 Å². The lowest BCUT2D eigenvalue weighted by Gasteiger charge is -2.44. The predicted octanol–water partition coefficient (Wildman–Crippen LogP) is 7.12. The van der Waals surface area contributed by atoms with E-state index in [-0.39, 0.29) is 24.3 Å². The minimum absolute atomic E-state index is 0.139. The molecule has 7 nitrogen and oxygen atoms in total. The molecule has 2 unspecified atom stereocenters. The van der Waals surface area contributed by atoms with Crippen LogP contribution < -0.4 is 10.6 Å². The molecule has 0 aliphatic heterocycles. The summed E-state index contributed by atoms with van der Waals surface area (Å²) in [6.07, 6.45) is 2.14. The summed E-state index contributed by atoms with van der Waals surface area (Å²) in [6, 6.07) is 19.5. The topological polar surface area (TPSA) is 87.7 Å². The number of nitrogens with zero attached hydrogens (tertiary/aromatic N) is 1. The molecule has 1 aliphatic carbocycles. The number of aryl methyl sites for hydroxylation is 4. The fourth-order valence-corrected chi connectivity index (χ4v) is 5.54. The molecular weight excluding hydrogens is 538 g/mol. The fraction of sp³-hybridized carbons (Fsp3) is 0.417. The van der Waals surface area contributed by atoms with Crippen LogP contribution in [0.4, 0.5) is 10.5 Å². The molecule has 7 heteroatoms. The molecule has 3 aromatic carbocycles. The quantitative estimate of drug-likeness (QED) is 0.281. The number of carbonyl (C=O) groups is 3. The third-order valence-corrected chi connectivity index (χ3v) is 7.98. The molecule has 0 saturated heterocycles. The van der Waals surface area contributed by atoms with Crippen LogP contribution in [0.5, 0.6) is 0 Å². The molecule has 43 heavy (non-hydrogen) atoms. The van der Waals surface area contributed by atoms with Crippen LogP contribution in [-0.4, -0.2) is 40.5 Å². The van der Waals surface area contributed by atoms with Crippen LogP contribution in [0.2, 0.25) is 0 Å². The van der Waals surface area contributed by atoms with Gasteiger partial charge in [-0.15, -0.1) is 0 Å². The van der Waals surface area contributed by atoms with Gasteiger partial charge in [0.2, 0.25) is 5.91 Å². The molecule has 1 fully saturated rings. The van der Waals surface area contributed by atoms with E-state index in [2.05, 4.69) is 10.6 Å². The second kappa shape index (κ2) is 13.4. The van der Waals surface area contributed by atoms with Crippen LogP contribution in [0.15, 0.2) is 66.7 Å². The highest BCUT2D eigenvalue weighted by molar-refractivity contribution is 6.00. The third kappa shape index (κ3) is 8.04. The lowest BCUT2D eigenvalue weighted by atomic mass is 9.86. The van der Waals surface area contributed by atoms with Gasteiger partial charge in [0.1, 0.15) is 17.7 Å². The summed E-state index contributed by atoms with van der Waals surface area (Å²) < 4.78 is 5.57. The molecular formula is C36H45N3O4. The van der Waals surface area contributed by atoms with Crippen LogP contribution in [0, 0.1) is 27.7 Å². The normalized spacial score (nSPS) is 14.7. The Bertz CT molecular complexity index is 1440. The summed E-state index contributed by atoms with van der Waals surface area (Å²) in [5.74, 6) is -0.580. The standard InChI is InChI=1S/C36H45N3O4/c1-23-19-20-24(2)29(21-23)32(33(40)38-31-25(3)13-11-14-26(31)4)39(28-17-12-18-28)34(41)30(22-27-15-9-8-10-16-27)37-35(42)43-36(5,6)7/h8-11,13-16,19-21,28,30,32H,12,17-18,22H2,1-7H3,(H,37,42)(H,38,40). The molecule has 0 spiro atoms. The van der Waals surface area contributed by atoms with Crippen molar-refractivity contribution in [2.75, 3.05) is 5.32 Å². The zero-order valence-corrected chi connectivity index (χ0v) is 26.5. The number of ether oxygens (including phenoxy) is 1. The molecule has 228 valence electrons. The Labute approximate surface area is 256 Å². The average molecular weight is 584 g/mol. The first-order chi connectivity index (χ1) is 20.3. The molecule has 0 bridgehead atoms. The zero-order valence-electron chi connectivity index (χ0n) is 26.5. The number of hydrogen-bond acceptors (Lipinski definition) is 4. The first-order valence-corrected chi connectivity index (χ1v) is 15.1. The smallest absolute Gasteiger partial charge is 0.408 e. The first kappa shape index (κ1) is 31.8. The molecule has 1 saturated carbocycles. The summed E-state index contributed by atoms with van der Waals surface area (Å²) in [5, 5.41) is 6.04. The van der Waals surface area contributed by atoms with E-state index in [1.54, 1.807) is 25.7 Å². The Kier molecular flexibility index (Phi) is 9.95. The van der Waals surface area contributed by atoms with Crippen LogP contribution >= 0.6 is 0 Å². The largest absolute Gasteiger partial charge is 0.444 e. The maximum atomic E-state index is 14.8. The van der Waals surface area contributed by atoms with Crippen molar-refractivity contribution in [1.82, 2.24) is 10.2 Å². The second-order valence-corrected chi connectivity index (χ2v) is 12.7. The molecule has 4 rings (SSSR count). The van der Waals surface area contributed by atoms with Gasteiger partial charge in [-0.3, -0.25) is 9.59 Å². The van der Waals surface area contributed by atoms with E-state index in [4.69, 9.17) is 4.74 Å². The number of benzene rings is 3. The molecule has 0 radical (unpaired) electrons. The zero-order chi connectivity index (χ0) is 31.3. The van der Waals surface area contributed by atoms with Crippen LogP contribution in [-0.2, 0) is 20.7 Å². The van der Waals surface area contributed by atoms with Gasteiger partial charge >= 0.3 is 6.09 Å². The Morgan fingerprint density at radius 2 is 1.53 bits per heavy atom. The van der Waals surface area contributed by atoms with E-state index in [9.17, 15) is 14.4 Å². The van der Waals surface area contributed by atoms with Gasteiger partial charge in [0, 0.05) is 18.2 Å². The first-order valence-electron chi connectivity index (χ1n) is 15.1. The summed E-state index contributed by atoms with van der Waals surface area (Å²) in [5.41, 5.74) is 5.50. The SMILES string of the molecule is Cc1ccc(C)c(C(C(=O)Nc2c(C)cccc2C)N(C(=O)C(Cc2ccccc2)NC(=O)OC(C)(C)C)C2CCC2)c1. The number of amides is 3. The molecule has 2 atom stereocenters. The van der Waals surface area contributed by atoms with E-state index >= 15 is 0 Å². The van der Waals surface area contributed by atoms with Crippen molar-refractivity contribution in [3.05, 3.63) is 100 Å². The van der Waals surface area contributed by atoms with Crippen molar-refractivity contribution in [1.29, 1.82) is 0 Å². The average Bonchev–Trinajstić information content (AvgIpc) is 2.90. The van der Waals surface area contributed by atoms with Crippen molar-refractivity contribution in [3.63, 3.8) is 0 Å². The van der Waals surface area contributed by atoms with Crippen molar-refractivity contribution in [3.8, 4) is 0 Å². The maximum Gasteiger partial charge on any atom is 0.408 e. The van der Waals surface area contributed by atoms with E-state index in [0.717, 1.165) is 58.3 Å². The number of hydrogen-bond donors (Lipinski definition) is 2. The maximum absolute atomic E-state index is 14.8. The summed E-state index contributed by atoms with van der Waals surface area (Å²) >= 11 is 0. The Morgan fingerprint density at radius 3 is 2.12 bits per heavy atom. The van der Waals surface area contributed by atoms with E-state index in [1.165, 1.54) is 0 Å². The predicted molar refractivity (Wildman–Crippen MR) is 171 cm³/mol. The van der Waals surface area contributed by atoms with Crippen molar-refractivity contribution in [2.45, 2.75) is 97.9 Å². The number of nitrogens with one attached hydrogen (secondary N) is 2. The summed E-state index contributed by atoms with van der Waals surface area (Å²) in [6.45, 7) is 13.2. The Morgan fingerprint density at radius 1 is 0.884 bits per heavy atom. The van der Waals surface area contributed by atoms with Gasteiger partial charge in [0.05, 0.1) is 0 Å². The van der Waals surface area contributed by atoms with Gasteiger partial charge in [-0.05, 0) is 95.5 Å². The van der Waals surface area contributed by atoms with E-state index in [1.807, 2.05) is 94.4 Å². The molecule has 0 aromatic heterocycles. The summed E-state index contributed by atoms with van der Waals surface area (Å²) in [7, 11) is 0. The fourth-order valence-electron chi connectivity index (χ4n) is 5.54. The van der Waals surface area contributed by atoms with Crippen LogP contribution in [0.3, 0.4) is 0 Å². The highest BCUT2D eigenvalue weighted by Gasteiger charge is 2.42. The van der Waals surface area contributed by atoms with Crippen LogP contribution in [0.25, 0.3) is 0 Å². The van der Waals surface area contributed by atoms with E-state index < -0.39 is 23.8 Å². The number of carbonyl (C=O) groups excluding carboxylic acids is 3. The Balaban J connectivity index is 1.80. The monoisotopic (exact) mass is 583 g/mol. The van der Waals surface area contributed by atoms with Gasteiger partial charge in [-0.1, -0.05) is 72.3 Å². The Hall–Kier alpha value is -4.13. The highest BCUT2D eigenvalue weighted by Crippen LogP contribution is 2.36. The lowest BCUT2D eigenvalue weighted by Crippen LogP contribution is -2.57. The minimum atomic E-state index is -0.932. The molecule has 1 aliphatic rings. The van der Waals surface area contributed by atoms with Crippen molar-refractivity contribution in [2.24, 2.45) is 0 Å². The molecule has 3 aromatic rings. The molecule has 2 N–H and O–H groups in total. The van der Waals surface area contributed by atoms with E-state index in [0.29, 0.717) is 0 Å². The second-order valence-electron chi connectivity index (χ2n) is 12.7. The highest BCUT2D eigenvalue weighted by atomic mass is 16.6. The molecule has 3 amide bonds. The number of rotatable bonds is 9. The third-order valence-electron chi connectivity index (χ3n) is 7.98. The summed E-state index contributed by atoms with van der Waals surface area (Å²) in [4.78, 5) is 44.0. The number of para-hydroxylation sites is 1. The molecule has 0 heterocycles. The lowest BCUT2D eigenvalue weighted by molar-refractivity contribution is -0.145. The number of alkyl carbamates (subject to hydrolysis) is 1. The van der Waals surface area contributed by atoms with Crippen molar-refractivity contribution >= 4 is 23.6 Å². The van der Waals surface area contributed by atoms with Gasteiger partial charge in [0.15, 0.2) is 0 Å². The van der Waals surface area contributed by atoms with Gasteiger partial charge in [0.25, 0.3) is 5.91 Å².